The first-order valence-corrected chi connectivity index (χ1v) is 8.11. The number of amides is 1. The van der Waals surface area contributed by atoms with Gasteiger partial charge in [0.15, 0.2) is 0 Å². The minimum Gasteiger partial charge on any atom is -0.481 e. The summed E-state index contributed by atoms with van der Waals surface area (Å²) in [5.41, 5.74) is 1.77. The van der Waals surface area contributed by atoms with Crippen LogP contribution >= 0.6 is 11.8 Å². The fraction of sp³-hybridized carbons (Fsp3) is 0.500. The Balaban J connectivity index is 1.98. The molecule has 0 aliphatic heterocycles. The van der Waals surface area contributed by atoms with E-state index in [0.29, 0.717) is 11.7 Å². The Hall–Kier alpha value is -1.49. The van der Waals surface area contributed by atoms with Gasteiger partial charge in [0, 0.05) is 15.8 Å². The number of carboxylic acids is 1. The van der Waals surface area contributed by atoms with Gasteiger partial charge in [0.25, 0.3) is 0 Å². The molecule has 1 aromatic carbocycles. The highest BCUT2D eigenvalue weighted by molar-refractivity contribution is 7.99. The number of hydrogen-bond donors (Lipinski definition) is 2. The lowest BCUT2D eigenvalue weighted by atomic mass is 10.2. The number of aliphatic carboxylic acids is 1. The molecule has 3 unspecified atom stereocenters. The summed E-state index contributed by atoms with van der Waals surface area (Å²) < 4.78 is 0. The number of nitrogens with one attached hydrogen (secondary N) is 1. The first-order valence-electron chi connectivity index (χ1n) is 7.23. The van der Waals surface area contributed by atoms with Crippen LogP contribution in [-0.4, -0.2) is 22.2 Å². The van der Waals surface area contributed by atoms with Crippen LogP contribution in [0, 0.1) is 18.8 Å². The van der Waals surface area contributed by atoms with E-state index >= 15 is 0 Å². The van der Waals surface area contributed by atoms with Crippen molar-refractivity contribution < 1.29 is 14.7 Å². The van der Waals surface area contributed by atoms with Crippen molar-refractivity contribution in [3.8, 4) is 0 Å². The zero-order valence-corrected chi connectivity index (χ0v) is 13.4. The number of aryl methyl sites for hydroxylation is 1. The first kappa shape index (κ1) is 15.9. The molecular weight excluding hydrogens is 286 g/mol. The lowest BCUT2D eigenvalue weighted by Crippen LogP contribution is -2.17. The normalized spacial score (nSPS) is 21.7. The topological polar surface area (TPSA) is 66.4 Å². The van der Waals surface area contributed by atoms with E-state index in [-0.39, 0.29) is 11.8 Å². The van der Waals surface area contributed by atoms with E-state index in [2.05, 4.69) is 25.2 Å². The third-order valence-corrected chi connectivity index (χ3v) is 5.07. The molecular formula is C16H21NO3S. The minimum absolute atomic E-state index is 0.187. The molecule has 1 fully saturated rings. The van der Waals surface area contributed by atoms with Gasteiger partial charge in [-0.15, -0.1) is 11.8 Å². The van der Waals surface area contributed by atoms with Crippen LogP contribution in [0.1, 0.15) is 32.3 Å². The molecule has 0 aromatic heterocycles. The molecule has 1 aromatic rings. The van der Waals surface area contributed by atoms with E-state index in [4.69, 9.17) is 5.11 Å². The summed E-state index contributed by atoms with van der Waals surface area (Å²) in [6.07, 6.45) is 1.56. The van der Waals surface area contributed by atoms with Crippen LogP contribution < -0.4 is 5.32 Å². The summed E-state index contributed by atoms with van der Waals surface area (Å²) in [5.74, 6) is -1.96. The highest BCUT2D eigenvalue weighted by Gasteiger charge is 2.48. The van der Waals surface area contributed by atoms with Crippen LogP contribution in [0.5, 0.6) is 0 Å². The molecule has 4 nitrogen and oxygen atoms in total. The highest BCUT2D eigenvalue weighted by atomic mass is 32.2. The molecule has 0 bridgehead atoms. The van der Waals surface area contributed by atoms with Crippen LogP contribution in [0.15, 0.2) is 23.1 Å². The molecule has 0 spiro atoms. The highest BCUT2D eigenvalue weighted by Crippen LogP contribution is 2.39. The maximum atomic E-state index is 12.0. The summed E-state index contributed by atoms with van der Waals surface area (Å²) in [5, 5.41) is 12.3. The number of rotatable bonds is 6. The number of benzene rings is 1. The third-order valence-electron chi connectivity index (χ3n) is 3.81. The quantitative estimate of drug-likeness (QED) is 0.789. The van der Waals surface area contributed by atoms with Gasteiger partial charge in [-0.1, -0.05) is 13.8 Å². The Labute approximate surface area is 129 Å². The van der Waals surface area contributed by atoms with Crippen molar-refractivity contribution in [2.24, 2.45) is 11.8 Å². The van der Waals surface area contributed by atoms with Crippen molar-refractivity contribution in [2.45, 2.75) is 43.8 Å². The monoisotopic (exact) mass is 307 g/mol. The second-order valence-corrected chi connectivity index (χ2v) is 7.10. The Bertz CT molecular complexity index is 558. The molecule has 2 rings (SSSR count). The Morgan fingerprint density at radius 1 is 1.43 bits per heavy atom. The predicted octanol–water partition coefficient (Wildman–Crippen LogP) is 3.54. The number of carboxylic acid groups (broad SMARTS) is 1. The maximum Gasteiger partial charge on any atom is 0.307 e. The van der Waals surface area contributed by atoms with E-state index in [0.717, 1.165) is 17.7 Å². The van der Waals surface area contributed by atoms with Gasteiger partial charge in [-0.25, -0.2) is 0 Å². The second kappa shape index (κ2) is 6.52. The van der Waals surface area contributed by atoms with Crippen LogP contribution in [0.3, 0.4) is 0 Å². The standard InChI is InChI=1S/C16H21NO3S/c1-4-10(3)21-11-5-6-14(9(2)7-11)17-15(18)12-8-13(12)16(19)20/h5-7,10,12-13H,4,8H2,1-3H3,(H,17,18)(H,19,20). The zero-order chi connectivity index (χ0) is 15.6. The minimum atomic E-state index is -0.882. The molecule has 21 heavy (non-hydrogen) atoms. The molecule has 3 atom stereocenters. The van der Waals surface area contributed by atoms with Crippen LogP contribution in [0.25, 0.3) is 0 Å². The van der Waals surface area contributed by atoms with Crippen LogP contribution in [-0.2, 0) is 9.59 Å². The van der Waals surface area contributed by atoms with Crippen LogP contribution in [0.4, 0.5) is 5.69 Å². The lowest BCUT2D eigenvalue weighted by molar-refractivity contribution is -0.139. The van der Waals surface area contributed by atoms with Gasteiger partial charge in [-0.3, -0.25) is 9.59 Å². The fourth-order valence-corrected chi connectivity index (χ4v) is 3.17. The summed E-state index contributed by atoms with van der Waals surface area (Å²) in [7, 11) is 0. The second-order valence-electron chi connectivity index (χ2n) is 5.59. The maximum absolute atomic E-state index is 12.0. The van der Waals surface area contributed by atoms with E-state index < -0.39 is 11.9 Å². The number of hydrogen-bond acceptors (Lipinski definition) is 3. The van der Waals surface area contributed by atoms with E-state index in [1.54, 1.807) is 0 Å². The van der Waals surface area contributed by atoms with Gasteiger partial charge < -0.3 is 10.4 Å². The van der Waals surface area contributed by atoms with Gasteiger partial charge >= 0.3 is 5.97 Å². The third kappa shape index (κ3) is 4.00. The van der Waals surface area contributed by atoms with Crippen molar-refractivity contribution in [3.63, 3.8) is 0 Å². The van der Waals surface area contributed by atoms with Gasteiger partial charge in [-0.05, 0) is 43.5 Å². The molecule has 0 heterocycles. The Kier molecular flexibility index (Phi) is 4.93. The number of thioether (sulfide) groups is 1. The van der Waals surface area contributed by atoms with Crippen molar-refractivity contribution in [3.05, 3.63) is 23.8 Å². The molecule has 5 heteroatoms. The lowest BCUT2D eigenvalue weighted by Gasteiger charge is -2.12. The summed E-state index contributed by atoms with van der Waals surface area (Å²) in [4.78, 5) is 23.9. The van der Waals surface area contributed by atoms with E-state index in [1.165, 1.54) is 4.90 Å². The molecule has 114 valence electrons. The van der Waals surface area contributed by atoms with Crippen molar-refractivity contribution in [1.82, 2.24) is 0 Å². The first-order chi connectivity index (χ1) is 9.92. The predicted molar refractivity (Wildman–Crippen MR) is 84.7 cm³/mol. The average molecular weight is 307 g/mol. The molecule has 1 saturated carbocycles. The summed E-state index contributed by atoms with van der Waals surface area (Å²) >= 11 is 1.82. The molecule has 1 aliphatic carbocycles. The fourth-order valence-electron chi connectivity index (χ4n) is 2.15. The smallest absolute Gasteiger partial charge is 0.307 e. The largest absolute Gasteiger partial charge is 0.481 e. The van der Waals surface area contributed by atoms with Crippen molar-refractivity contribution in [2.75, 3.05) is 5.32 Å². The Morgan fingerprint density at radius 2 is 2.14 bits per heavy atom. The molecule has 1 aliphatic rings. The van der Waals surface area contributed by atoms with Gasteiger partial charge in [-0.2, -0.15) is 0 Å². The zero-order valence-electron chi connectivity index (χ0n) is 12.6. The molecule has 1 amide bonds. The number of carbonyl (C=O) groups excluding carboxylic acids is 1. The van der Waals surface area contributed by atoms with E-state index in [1.807, 2.05) is 30.8 Å². The number of anilines is 1. The van der Waals surface area contributed by atoms with Gasteiger partial charge in [0.05, 0.1) is 11.8 Å². The van der Waals surface area contributed by atoms with Gasteiger partial charge in [0.1, 0.15) is 0 Å². The SMILES string of the molecule is CCC(C)Sc1ccc(NC(=O)C2CC2C(=O)O)c(C)c1. The van der Waals surface area contributed by atoms with Crippen LogP contribution in [0.2, 0.25) is 0 Å². The number of carbonyl (C=O) groups is 2. The van der Waals surface area contributed by atoms with Crippen molar-refractivity contribution in [1.29, 1.82) is 0 Å². The van der Waals surface area contributed by atoms with Crippen molar-refractivity contribution >= 4 is 29.3 Å². The average Bonchev–Trinajstić information content (AvgIpc) is 3.22. The molecule has 0 radical (unpaired) electrons. The molecule has 2 N–H and O–H groups in total. The van der Waals surface area contributed by atoms with Gasteiger partial charge in [0.2, 0.25) is 5.91 Å². The Morgan fingerprint density at radius 3 is 2.67 bits per heavy atom. The van der Waals surface area contributed by atoms with E-state index in [9.17, 15) is 9.59 Å². The molecule has 0 saturated heterocycles. The summed E-state index contributed by atoms with van der Waals surface area (Å²) in [6.45, 7) is 6.31. The summed E-state index contributed by atoms with van der Waals surface area (Å²) in [6, 6.07) is 5.96.